The van der Waals surface area contributed by atoms with Gasteiger partial charge in [-0.1, -0.05) is 44.2 Å². The molecule has 0 saturated carbocycles. The van der Waals surface area contributed by atoms with Gasteiger partial charge in [0.1, 0.15) is 5.69 Å². The Morgan fingerprint density at radius 3 is 2.41 bits per heavy atom. The maximum absolute atomic E-state index is 13.0. The average Bonchev–Trinajstić information content (AvgIpc) is 2.68. The van der Waals surface area contributed by atoms with Crippen molar-refractivity contribution in [3.63, 3.8) is 0 Å². The Balaban J connectivity index is 1.79. The lowest BCUT2D eigenvalue weighted by Gasteiger charge is -2.34. The Labute approximate surface area is 170 Å². The van der Waals surface area contributed by atoms with Crippen LogP contribution in [0.15, 0.2) is 53.4 Å². The predicted molar refractivity (Wildman–Crippen MR) is 110 cm³/mol. The van der Waals surface area contributed by atoms with Crippen LogP contribution in [0.5, 0.6) is 0 Å². The van der Waals surface area contributed by atoms with Crippen molar-refractivity contribution in [2.45, 2.75) is 31.8 Å². The highest BCUT2D eigenvalue weighted by atomic mass is 32.2. The smallest absolute Gasteiger partial charge is 0.271 e. The van der Waals surface area contributed by atoms with Gasteiger partial charge in [0.25, 0.3) is 5.69 Å². The number of hydrogen-bond donors (Lipinski definition) is 1. The lowest BCUT2D eigenvalue weighted by molar-refractivity contribution is -0.384. The van der Waals surface area contributed by atoms with Gasteiger partial charge in [-0.05, 0) is 36.0 Å². The van der Waals surface area contributed by atoms with Crippen molar-refractivity contribution in [3.05, 3.63) is 64.2 Å². The third-order valence-corrected chi connectivity index (χ3v) is 6.73. The number of benzene rings is 2. The molecule has 0 spiro atoms. The van der Waals surface area contributed by atoms with Gasteiger partial charge in [0, 0.05) is 19.2 Å². The maximum atomic E-state index is 13.0. The molecular weight excluding hydrogens is 394 g/mol. The molecule has 2 aromatic carbocycles. The Morgan fingerprint density at radius 1 is 1.14 bits per heavy atom. The number of rotatable bonds is 7. The number of sulfonamides is 1. The fraction of sp³-hybridized carbons (Fsp3) is 0.400. The van der Waals surface area contributed by atoms with Crippen molar-refractivity contribution in [2.75, 3.05) is 18.6 Å². The number of anilines is 1. The fourth-order valence-corrected chi connectivity index (χ4v) is 5.33. The van der Waals surface area contributed by atoms with Crippen LogP contribution in [0.3, 0.4) is 0 Å². The summed E-state index contributed by atoms with van der Waals surface area (Å²) in [5.41, 5.74) is 3.22. The highest BCUT2D eigenvalue weighted by Gasteiger charge is 2.33. The molecule has 2 aromatic rings. The number of nitrogens with zero attached hydrogens (tertiary/aromatic N) is 2. The standard InChI is InChI=1S/C20H25N3O5S/c1-15-10-16(2)13-22(12-15)29(26,27)18-8-9-19(20(11-18)23(24)25)21-28-14-17-6-4-3-5-7-17/h3-9,11,15-16,21H,10,12-14H2,1-2H3/t15-,16-/m1/s1. The Morgan fingerprint density at radius 2 is 1.79 bits per heavy atom. The van der Waals surface area contributed by atoms with Crippen LogP contribution in [0.2, 0.25) is 0 Å². The van der Waals surface area contributed by atoms with E-state index in [0.717, 1.165) is 18.1 Å². The first-order chi connectivity index (χ1) is 13.8. The minimum absolute atomic E-state index is 0.0842. The minimum atomic E-state index is -3.80. The van der Waals surface area contributed by atoms with Gasteiger partial charge < -0.3 is 0 Å². The van der Waals surface area contributed by atoms with Gasteiger partial charge in [-0.15, -0.1) is 0 Å². The second-order valence-corrected chi connectivity index (χ2v) is 9.52. The molecule has 0 unspecified atom stereocenters. The highest BCUT2D eigenvalue weighted by Crippen LogP contribution is 2.31. The molecule has 1 heterocycles. The molecule has 9 heteroatoms. The summed E-state index contributed by atoms with van der Waals surface area (Å²) in [4.78, 5) is 16.2. The van der Waals surface area contributed by atoms with Gasteiger partial charge in [-0.2, -0.15) is 4.31 Å². The summed E-state index contributed by atoms with van der Waals surface area (Å²) in [5.74, 6) is 0.492. The number of nitro benzene ring substituents is 1. The van der Waals surface area contributed by atoms with Crippen LogP contribution in [0.25, 0.3) is 0 Å². The molecule has 0 bridgehead atoms. The van der Waals surface area contributed by atoms with Gasteiger partial charge >= 0.3 is 0 Å². The molecule has 1 aliphatic heterocycles. The molecule has 1 N–H and O–H groups in total. The van der Waals surface area contributed by atoms with E-state index in [-0.39, 0.29) is 34.7 Å². The number of nitrogens with one attached hydrogen (secondary N) is 1. The van der Waals surface area contributed by atoms with E-state index in [1.807, 2.05) is 44.2 Å². The van der Waals surface area contributed by atoms with Crippen LogP contribution in [0, 0.1) is 22.0 Å². The lowest BCUT2D eigenvalue weighted by Crippen LogP contribution is -2.42. The van der Waals surface area contributed by atoms with Crippen molar-refractivity contribution >= 4 is 21.4 Å². The third-order valence-electron chi connectivity index (χ3n) is 4.90. The van der Waals surface area contributed by atoms with E-state index in [0.29, 0.717) is 13.1 Å². The molecule has 1 fully saturated rings. The zero-order valence-corrected chi connectivity index (χ0v) is 17.3. The predicted octanol–water partition coefficient (Wildman–Crippen LogP) is 3.81. The van der Waals surface area contributed by atoms with Gasteiger partial charge in [0.05, 0.1) is 16.4 Å². The first-order valence-electron chi connectivity index (χ1n) is 9.47. The van der Waals surface area contributed by atoms with Crippen molar-refractivity contribution in [2.24, 2.45) is 11.8 Å². The van der Waals surface area contributed by atoms with E-state index in [4.69, 9.17) is 4.84 Å². The molecule has 3 rings (SSSR count). The monoisotopic (exact) mass is 419 g/mol. The minimum Gasteiger partial charge on any atom is -0.271 e. The molecule has 156 valence electrons. The Bertz CT molecular complexity index is 955. The van der Waals surface area contributed by atoms with E-state index >= 15 is 0 Å². The summed E-state index contributed by atoms with van der Waals surface area (Å²) in [7, 11) is -3.80. The molecule has 2 atom stereocenters. The lowest BCUT2D eigenvalue weighted by atomic mass is 9.94. The van der Waals surface area contributed by atoms with E-state index in [1.54, 1.807) is 0 Å². The number of nitro groups is 1. The third kappa shape index (κ3) is 5.11. The summed E-state index contributed by atoms with van der Waals surface area (Å²) in [5, 5.41) is 11.5. The molecule has 0 aromatic heterocycles. The summed E-state index contributed by atoms with van der Waals surface area (Å²) in [6.07, 6.45) is 0.966. The SMILES string of the molecule is C[C@@H]1C[C@@H](C)CN(S(=O)(=O)c2ccc(NOCc3ccccc3)c([N+](=O)[O-])c2)C1. The second kappa shape index (κ2) is 8.89. The molecular formula is C20H25N3O5S. The molecule has 0 radical (unpaired) electrons. The molecule has 1 saturated heterocycles. The largest absolute Gasteiger partial charge is 0.295 e. The van der Waals surface area contributed by atoms with Gasteiger partial charge in [-0.25, -0.2) is 8.42 Å². The first kappa shape index (κ1) is 21.2. The van der Waals surface area contributed by atoms with Crippen LogP contribution in [0.4, 0.5) is 11.4 Å². The Hall–Kier alpha value is -2.49. The van der Waals surface area contributed by atoms with Crippen molar-refractivity contribution < 1.29 is 18.2 Å². The average molecular weight is 420 g/mol. The van der Waals surface area contributed by atoms with Crippen LogP contribution in [-0.2, 0) is 21.5 Å². The molecule has 29 heavy (non-hydrogen) atoms. The number of piperidine rings is 1. The summed E-state index contributed by atoms with van der Waals surface area (Å²) >= 11 is 0. The van der Waals surface area contributed by atoms with Crippen LogP contribution < -0.4 is 5.48 Å². The highest BCUT2D eigenvalue weighted by molar-refractivity contribution is 7.89. The summed E-state index contributed by atoms with van der Waals surface area (Å²) in [6.45, 7) is 5.07. The zero-order chi connectivity index (χ0) is 21.0. The fourth-order valence-electron chi connectivity index (χ4n) is 3.63. The summed E-state index contributed by atoms with van der Waals surface area (Å²) < 4.78 is 27.5. The molecule has 1 aliphatic rings. The van der Waals surface area contributed by atoms with Gasteiger partial charge in [0.2, 0.25) is 10.0 Å². The first-order valence-corrected chi connectivity index (χ1v) is 10.9. The second-order valence-electron chi connectivity index (χ2n) is 7.58. The Kier molecular flexibility index (Phi) is 6.51. The van der Waals surface area contributed by atoms with Gasteiger partial charge in [-0.3, -0.25) is 20.4 Å². The normalized spacial score (nSPS) is 20.3. The van der Waals surface area contributed by atoms with Crippen LogP contribution in [-0.4, -0.2) is 30.7 Å². The van der Waals surface area contributed by atoms with E-state index in [9.17, 15) is 18.5 Å². The zero-order valence-electron chi connectivity index (χ0n) is 16.4. The van der Waals surface area contributed by atoms with Crippen LogP contribution >= 0.6 is 0 Å². The summed E-state index contributed by atoms with van der Waals surface area (Å²) in [6, 6.07) is 13.2. The molecule has 8 nitrogen and oxygen atoms in total. The molecule has 0 amide bonds. The van der Waals surface area contributed by atoms with Crippen molar-refractivity contribution in [1.29, 1.82) is 0 Å². The number of hydrogen-bond acceptors (Lipinski definition) is 6. The van der Waals surface area contributed by atoms with Crippen molar-refractivity contribution in [3.8, 4) is 0 Å². The van der Waals surface area contributed by atoms with Crippen LogP contribution in [0.1, 0.15) is 25.8 Å². The topological polar surface area (TPSA) is 102 Å². The van der Waals surface area contributed by atoms with Gasteiger partial charge in [0.15, 0.2) is 0 Å². The quantitative estimate of drug-likeness (QED) is 0.541. The molecule has 0 aliphatic carbocycles. The van der Waals surface area contributed by atoms with Crippen molar-refractivity contribution in [1.82, 2.24) is 4.31 Å². The van der Waals surface area contributed by atoms with E-state index < -0.39 is 14.9 Å². The van der Waals surface area contributed by atoms with E-state index in [2.05, 4.69) is 5.48 Å². The maximum Gasteiger partial charge on any atom is 0.295 e. The van der Waals surface area contributed by atoms with E-state index in [1.165, 1.54) is 16.4 Å².